The third kappa shape index (κ3) is 3.96. The van der Waals surface area contributed by atoms with Crippen molar-refractivity contribution in [3.8, 4) is 17.0 Å². The van der Waals surface area contributed by atoms with E-state index in [0.717, 1.165) is 33.1 Å². The predicted molar refractivity (Wildman–Crippen MR) is 92.1 cm³/mol. The fourth-order valence-electron chi connectivity index (χ4n) is 2.20. The van der Waals surface area contributed by atoms with Gasteiger partial charge in [0.15, 0.2) is 0 Å². The maximum absolute atomic E-state index is 9.14. The second kappa shape index (κ2) is 7.37. The van der Waals surface area contributed by atoms with Gasteiger partial charge in [-0.15, -0.1) is 11.3 Å². The quantitative estimate of drug-likeness (QED) is 0.729. The highest BCUT2D eigenvalue weighted by Crippen LogP contribution is 2.23. The van der Waals surface area contributed by atoms with Crippen LogP contribution in [0.25, 0.3) is 11.3 Å². The molecule has 0 unspecified atom stereocenters. The number of hydrogen-bond donors (Lipinski definition) is 2. The molecule has 5 heteroatoms. The highest BCUT2D eigenvalue weighted by Gasteiger charge is 2.06. The first-order chi connectivity index (χ1) is 11.3. The Kier molecular flexibility index (Phi) is 5.02. The molecule has 3 rings (SSSR count). The Labute approximate surface area is 139 Å². The molecule has 23 heavy (non-hydrogen) atoms. The predicted octanol–water partition coefficient (Wildman–Crippen LogP) is 3.34. The molecule has 0 saturated carbocycles. The Morgan fingerprint density at radius 1 is 1.09 bits per heavy atom. The number of nitrogens with zero attached hydrogens (tertiary/aromatic N) is 1. The van der Waals surface area contributed by atoms with Gasteiger partial charge >= 0.3 is 0 Å². The normalized spacial score (nSPS) is 10.7. The largest absolute Gasteiger partial charge is 0.486 e. The summed E-state index contributed by atoms with van der Waals surface area (Å²) in [5, 5.41) is 12.1. The van der Waals surface area contributed by atoms with Crippen molar-refractivity contribution < 1.29 is 9.84 Å². The Hall–Kier alpha value is -2.21. The van der Waals surface area contributed by atoms with E-state index in [4.69, 9.17) is 15.6 Å². The van der Waals surface area contributed by atoms with Crippen molar-refractivity contribution in [3.63, 3.8) is 0 Å². The van der Waals surface area contributed by atoms with Gasteiger partial charge in [-0.25, -0.2) is 4.98 Å². The second-order valence-corrected chi connectivity index (χ2v) is 6.06. The molecule has 3 N–H and O–H groups in total. The van der Waals surface area contributed by atoms with Crippen LogP contribution in [-0.4, -0.2) is 10.1 Å². The molecule has 2 aromatic carbocycles. The summed E-state index contributed by atoms with van der Waals surface area (Å²) in [7, 11) is 0. The van der Waals surface area contributed by atoms with Crippen molar-refractivity contribution in [2.24, 2.45) is 5.73 Å². The van der Waals surface area contributed by atoms with Crippen LogP contribution in [0.1, 0.15) is 16.1 Å². The molecule has 0 atom stereocenters. The number of aliphatic hydroxyl groups excluding tert-OH is 1. The number of hydrogen-bond acceptors (Lipinski definition) is 5. The molecule has 0 radical (unpaired) electrons. The first kappa shape index (κ1) is 15.7. The average molecular weight is 326 g/mol. The molecule has 0 aliphatic carbocycles. The summed E-state index contributed by atoms with van der Waals surface area (Å²) in [6.07, 6.45) is 0. The van der Waals surface area contributed by atoms with Crippen molar-refractivity contribution in [2.45, 2.75) is 19.8 Å². The molecule has 0 amide bonds. The Balaban J connectivity index is 1.66. The zero-order valence-corrected chi connectivity index (χ0v) is 13.4. The van der Waals surface area contributed by atoms with Gasteiger partial charge < -0.3 is 15.6 Å². The van der Waals surface area contributed by atoms with Crippen LogP contribution in [0.5, 0.6) is 5.75 Å². The van der Waals surface area contributed by atoms with Crippen molar-refractivity contribution in [2.75, 3.05) is 0 Å². The first-order valence-electron chi connectivity index (χ1n) is 7.35. The lowest BCUT2D eigenvalue weighted by Gasteiger charge is -2.05. The van der Waals surface area contributed by atoms with Gasteiger partial charge in [0.2, 0.25) is 0 Å². The van der Waals surface area contributed by atoms with Gasteiger partial charge in [-0.1, -0.05) is 36.4 Å². The van der Waals surface area contributed by atoms with Crippen LogP contribution < -0.4 is 10.5 Å². The highest BCUT2D eigenvalue weighted by molar-refractivity contribution is 7.09. The van der Waals surface area contributed by atoms with Crippen LogP contribution in [0, 0.1) is 0 Å². The SMILES string of the molecule is NCc1ccc(-c2csc(COc3cccc(CO)c3)n2)cc1. The van der Waals surface area contributed by atoms with E-state index in [1.807, 2.05) is 53.9 Å². The minimum Gasteiger partial charge on any atom is -0.486 e. The van der Waals surface area contributed by atoms with E-state index in [2.05, 4.69) is 4.98 Å². The van der Waals surface area contributed by atoms with Gasteiger partial charge in [0.05, 0.1) is 12.3 Å². The summed E-state index contributed by atoms with van der Waals surface area (Å²) >= 11 is 1.57. The second-order valence-electron chi connectivity index (χ2n) is 5.12. The summed E-state index contributed by atoms with van der Waals surface area (Å²) in [5.41, 5.74) is 9.58. The molecule has 0 bridgehead atoms. The summed E-state index contributed by atoms with van der Waals surface area (Å²) in [4.78, 5) is 4.61. The number of benzene rings is 2. The Morgan fingerprint density at radius 2 is 1.91 bits per heavy atom. The van der Waals surface area contributed by atoms with E-state index in [0.29, 0.717) is 13.2 Å². The Bertz CT molecular complexity index is 769. The van der Waals surface area contributed by atoms with Gasteiger partial charge in [0, 0.05) is 17.5 Å². The molecule has 0 aliphatic rings. The van der Waals surface area contributed by atoms with E-state index >= 15 is 0 Å². The molecule has 0 aliphatic heterocycles. The third-order valence-corrected chi connectivity index (χ3v) is 4.30. The number of ether oxygens (including phenoxy) is 1. The monoisotopic (exact) mass is 326 g/mol. The van der Waals surface area contributed by atoms with Crippen molar-refractivity contribution in [1.29, 1.82) is 0 Å². The van der Waals surface area contributed by atoms with Crippen LogP contribution in [0.3, 0.4) is 0 Å². The van der Waals surface area contributed by atoms with Crippen molar-refractivity contribution in [1.82, 2.24) is 4.98 Å². The van der Waals surface area contributed by atoms with E-state index in [1.165, 1.54) is 0 Å². The topological polar surface area (TPSA) is 68.4 Å². The van der Waals surface area contributed by atoms with Gasteiger partial charge in [0.1, 0.15) is 17.4 Å². The van der Waals surface area contributed by atoms with Crippen LogP contribution in [0.4, 0.5) is 0 Å². The number of rotatable bonds is 6. The first-order valence-corrected chi connectivity index (χ1v) is 8.23. The summed E-state index contributed by atoms with van der Waals surface area (Å²) in [6, 6.07) is 15.5. The summed E-state index contributed by atoms with van der Waals surface area (Å²) < 4.78 is 5.74. The average Bonchev–Trinajstić information content (AvgIpc) is 3.09. The molecule has 118 valence electrons. The van der Waals surface area contributed by atoms with Crippen molar-refractivity contribution in [3.05, 3.63) is 70.0 Å². The third-order valence-electron chi connectivity index (χ3n) is 3.48. The molecule has 0 spiro atoms. The van der Waals surface area contributed by atoms with Crippen LogP contribution in [0.2, 0.25) is 0 Å². The lowest BCUT2D eigenvalue weighted by atomic mass is 10.1. The van der Waals surface area contributed by atoms with E-state index in [1.54, 1.807) is 11.3 Å². The minimum absolute atomic E-state index is 0.0113. The van der Waals surface area contributed by atoms with Crippen LogP contribution >= 0.6 is 11.3 Å². The van der Waals surface area contributed by atoms with Gasteiger partial charge in [-0.3, -0.25) is 0 Å². The van der Waals surface area contributed by atoms with Gasteiger partial charge in [-0.2, -0.15) is 0 Å². The molecule has 4 nitrogen and oxygen atoms in total. The number of thiazole rings is 1. The smallest absolute Gasteiger partial charge is 0.140 e. The van der Waals surface area contributed by atoms with E-state index in [9.17, 15) is 0 Å². The molecular weight excluding hydrogens is 308 g/mol. The summed E-state index contributed by atoms with van der Waals surface area (Å²) in [5.74, 6) is 0.737. The molecule has 3 aromatic rings. The van der Waals surface area contributed by atoms with Gasteiger partial charge in [0.25, 0.3) is 0 Å². The maximum atomic E-state index is 9.14. The van der Waals surface area contributed by atoms with Gasteiger partial charge in [-0.05, 0) is 23.3 Å². The fourth-order valence-corrected chi connectivity index (χ4v) is 2.91. The molecule has 1 heterocycles. The van der Waals surface area contributed by atoms with Crippen LogP contribution in [-0.2, 0) is 19.8 Å². The maximum Gasteiger partial charge on any atom is 0.140 e. The van der Waals surface area contributed by atoms with Crippen molar-refractivity contribution >= 4 is 11.3 Å². The molecule has 0 fully saturated rings. The molecule has 0 saturated heterocycles. The highest BCUT2D eigenvalue weighted by atomic mass is 32.1. The number of aliphatic hydroxyl groups is 1. The summed E-state index contributed by atoms with van der Waals surface area (Å²) in [6.45, 7) is 0.973. The fraction of sp³-hybridized carbons (Fsp3) is 0.167. The zero-order chi connectivity index (χ0) is 16.1. The lowest BCUT2D eigenvalue weighted by molar-refractivity contribution is 0.278. The molecular formula is C18H18N2O2S. The van der Waals surface area contributed by atoms with E-state index in [-0.39, 0.29) is 6.61 Å². The standard InChI is InChI=1S/C18H18N2O2S/c19-9-13-4-6-15(7-5-13)17-12-23-18(20-17)11-22-16-3-1-2-14(8-16)10-21/h1-8,12,21H,9-11,19H2. The van der Waals surface area contributed by atoms with Crippen LogP contribution in [0.15, 0.2) is 53.9 Å². The van der Waals surface area contributed by atoms with E-state index < -0.39 is 0 Å². The lowest BCUT2D eigenvalue weighted by Crippen LogP contribution is -1.96. The zero-order valence-electron chi connectivity index (χ0n) is 12.6. The number of nitrogens with two attached hydrogens (primary N) is 1. The Morgan fingerprint density at radius 3 is 2.65 bits per heavy atom. The molecule has 1 aromatic heterocycles. The number of aromatic nitrogens is 1. The minimum atomic E-state index is 0.0113.